The Morgan fingerprint density at radius 1 is 1.38 bits per heavy atom. The SMILES string of the molecule is CNCC(C)(C)CC1Cc2ccccc2O1. The van der Waals surface area contributed by atoms with Crippen molar-refractivity contribution in [3.05, 3.63) is 29.8 Å². The molecule has 0 aliphatic carbocycles. The molecule has 1 aliphatic rings. The van der Waals surface area contributed by atoms with Crippen LogP contribution >= 0.6 is 0 Å². The minimum Gasteiger partial charge on any atom is -0.490 e. The van der Waals surface area contributed by atoms with Gasteiger partial charge < -0.3 is 10.1 Å². The highest BCUT2D eigenvalue weighted by molar-refractivity contribution is 5.37. The van der Waals surface area contributed by atoms with Crippen molar-refractivity contribution in [3.63, 3.8) is 0 Å². The van der Waals surface area contributed by atoms with Gasteiger partial charge in [0.25, 0.3) is 0 Å². The Bertz CT molecular complexity index is 335. The average Bonchev–Trinajstić information content (AvgIpc) is 2.58. The largest absolute Gasteiger partial charge is 0.490 e. The molecule has 1 unspecified atom stereocenters. The van der Waals surface area contributed by atoms with Crippen LogP contribution in [-0.2, 0) is 6.42 Å². The van der Waals surface area contributed by atoms with Crippen LogP contribution < -0.4 is 10.1 Å². The summed E-state index contributed by atoms with van der Waals surface area (Å²) in [5.41, 5.74) is 1.65. The molecule has 1 heterocycles. The van der Waals surface area contributed by atoms with E-state index in [1.165, 1.54) is 5.56 Å². The van der Waals surface area contributed by atoms with Gasteiger partial charge in [-0.2, -0.15) is 0 Å². The van der Waals surface area contributed by atoms with Crippen LogP contribution in [0, 0.1) is 5.41 Å². The van der Waals surface area contributed by atoms with E-state index in [2.05, 4.69) is 37.4 Å². The van der Waals surface area contributed by atoms with E-state index in [0.717, 1.165) is 25.1 Å². The zero-order valence-electron chi connectivity index (χ0n) is 10.4. The molecule has 88 valence electrons. The van der Waals surface area contributed by atoms with E-state index >= 15 is 0 Å². The van der Waals surface area contributed by atoms with Crippen molar-refractivity contribution in [3.8, 4) is 5.75 Å². The summed E-state index contributed by atoms with van der Waals surface area (Å²) < 4.78 is 5.96. The second kappa shape index (κ2) is 4.46. The molecule has 1 aliphatic heterocycles. The van der Waals surface area contributed by atoms with Crippen LogP contribution in [0.15, 0.2) is 24.3 Å². The van der Waals surface area contributed by atoms with Crippen molar-refractivity contribution in [1.82, 2.24) is 5.32 Å². The van der Waals surface area contributed by atoms with Crippen LogP contribution in [0.5, 0.6) is 5.75 Å². The van der Waals surface area contributed by atoms with Gasteiger partial charge in [-0.15, -0.1) is 0 Å². The summed E-state index contributed by atoms with van der Waals surface area (Å²) in [6.45, 7) is 5.61. The summed E-state index contributed by atoms with van der Waals surface area (Å²) in [6.07, 6.45) is 2.51. The Balaban J connectivity index is 1.97. The van der Waals surface area contributed by atoms with Crippen molar-refractivity contribution >= 4 is 0 Å². The first-order valence-corrected chi connectivity index (χ1v) is 6.00. The third-order valence-corrected chi connectivity index (χ3v) is 3.15. The van der Waals surface area contributed by atoms with Gasteiger partial charge >= 0.3 is 0 Å². The summed E-state index contributed by atoms with van der Waals surface area (Å²) in [5.74, 6) is 1.08. The molecule has 0 saturated heterocycles. The first kappa shape index (κ1) is 11.5. The Hall–Kier alpha value is -1.02. The molecule has 2 nitrogen and oxygen atoms in total. The van der Waals surface area contributed by atoms with Crippen LogP contribution in [0.4, 0.5) is 0 Å². The fourth-order valence-corrected chi connectivity index (χ4v) is 2.53. The number of nitrogens with one attached hydrogen (secondary N) is 1. The molecule has 1 N–H and O–H groups in total. The fraction of sp³-hybridized carbons (Fsp3) is 0.571. The van der Waals surface area contributed by atoms with Crippen molar-refractivity contribution in [2.24, 2.45) is 5.41 Å². The Labute approximate surface area is 98.0 Å². The fourth-order valence-electron chi connectivity index (χ4n) is 2.53. The van der Waals surface area contributed by atoms with E-state index < -0.39 is 0 Å². The third-order valence-electron chi connectivity index (χ3n) is 3.15. The number of fused-ring (bicyclic) bond motifs is 1. The molecule has 1 aromatic rings. The van der Waals surface area contributed by atoms with Gasteiger partial charge in [0.2, 0.25) is 0 Å². The van der Waals surface area contributed by atoms with Crippen LogP contribution in [0.1, 0.15) is 25.8 Å². The number of hydrogen-bond donors (Lipinski definition) is 1. The van der Waals surface area contributed by atoms with E-state index in [-0.39, 0.29) is 0 Å². The molecule has 0 aromatic heterocycles. The highest BCUT2D eigenvalue weighted by Crippen LogP contribution is 2.33. The van der Waals surface area contributed by atoms with E-state index in [4.69, 9.17) is 4.74 Å². The summed E-state index contributed by atoms with van der Waals surface area (Å²) >= 11 is 0. The summed E-state index contributed by atoms with van der Waals surface area (Å²) in [4.78, 5) is 0. The highest BCUT2D eigenvalue weighted by atomic mass is 16.5. The standard InChI is InChI=1S/C14H21NO/c1-14(2,10-15-3)9-12-8-11-6-4-5-7-13(11)16-12/h4-7,12,15H,8-10H2,1-3H3. The smallest absolute Gasteiger partial charge is 0.123 e. The topological polar surface area (TPSA) is 21.3 Å². The first-order valence-electron chi connectivity index (χ1n) is 6.00. The van der Waals surface area contributed by atoms with Crippen molar-refractivity contribution in [2.75, 3.05) is 13.6 Å². The number of benzene rings is 1. The van der Waals surface area contributed by atoms with Crippen molar-refractivity contribution in [2.45, 2.75) is 32.8 Å². The molecule has 0 radical (unpaired) electrons. The number of rotatable bonds is 4. The van der Waals surface area contributed by atoms with Crippen molar-refractivity contribution in [1.29, 1.82) is 0 Å². The second-order valence-electron chi connectivity index (χ2n) is 5.45. The van der Waals surface area contributed by atoms with Gasteiger partial charge in [-0.1, -0.05) is 32.0 Å². The average molecular weight is 219 g/mol. The van der Waals surface area contributed by atoms with Gasteiger partial charge in [0.15, 0.2) is 0 Å². The van der Waals surface area contributed by atoms with E-state index in [1.807, 2.05) is 13.1 Å². The number of ether oxygens (including phenoxy) is 1. The Morgan fingerprint density at radius 3 is 2.81 bits per heavy atom. The Morgan fingerprint density at radius 2 is 2.12 bits per heavy atom. The maximum Gasteiger partial charge on any atom is 0.123 e. The highest BCUT2D eigenvalue weighted by Gasteiger charge is 2.28. The quantitative estimate of drug-likeness (QED) is 0.840. The predicted octanol–water partition coefficient (Wildman–Crippen LogP) is 2.63. The summed E-state index contributed by atoms with van der Waals surface area (Å²) in [6, 6.07) is 8.37. The third kappa shape index (κ3) is 2.56. The second-order valence-corrected chi connectivity index (χ2v) is 5.45. The van der Waals surface area contributed by atoms with Crippen LogP contribution in [-0.4, -0.2) is 19.7 Å². The molecule has 0 fully saturated rings. The minimum absolute atomic E-state index is 0.293. The lowest BCUT2D eigenvalue weighted by atomic mass is 9.85. The maximum absolute atomic E-state index is 5.96. The summed E-state index contributed by atoms with van der Waals surface area (Å²) in [7, 11) is 2.01. The van der Waals surface area contributed by atoms with Gasteiger partial charge in [0, 0.05) is 13.0 Å². The molecule has 1 aromatic carbocycles. The van der Waals surface area contributed by atoms with Crippen molar-refractivity contribution < 1.29 is 4.74 Å². The molecule has 0 spiro atoms. The minimum atomic E-state index is 0.293. The molecule has 16 heavy (non-hydrogen) atoms. The molecular weight excluding hydrogens is 198 g/mol. The molecule has 1 atom stereocenters. The molecule has 0 saturated carbocycles. The van der Waals surface area contributed by atoms with E-state index in [9.17, 15) is 0 Å². The first-order chi connectivity index (χ1) is 7.61. The number of para-hydroxylation sites is 1. The van der Waals surface area contributed by atoms with Crippen LogP contribution in [0.25, 0.3) is 0 Å². The molecule has 0 bridgehead atoms. The molecule has 0 amide bonds. The molecule has 2 rings (SSSR count). The molecular formula is C14H21NO. The monoisotopic (exact) mass is 219 g/mol. The summed E-state index contributed by atoms with van der Waals surface area (Å²) in [5, 5.41) is 3.25. The Kier molecular flexibility index (Phi) is 3.20. The normalized spacial score (nSPS) is 19.3. The molecule has 2 heteroatoms. The predicted molar refractivity (Wildman–Crippen MR) is 66.9 cm³/mol. The van der Waals surface area contributed by atoms with E-state index in [0.29, 0.717) is 11.5 Å². The van der Waals surface area contributed by atoms with Crippen LogP contribution in [0.2, 0.25) is 0 Å². The lowest BCUT2D eigenvalue weighted by molar-refractivity contribution is 0.156. The van der Waals surface area contributed by atoms with Gasteiger partial charge in [0.1, 0.15) is 11.9 Å². The van der Waals surface area contributed by atoms with Gasteiger partial charge in [-0.05, 0) is 30.5 Å². The van der Waals surface area contributed by atoms with E-state index in [1.54, 1.807) is 0 Å². The zero-order valence-corrected chi connectivity index (χ0v) is 10.4. The van der Waals surface area contributed by atoms with Crippen LogP contribution in [0.3, 0.4) is 0 Å². The zero-order chi connectivity index (χ0) is 11.6. The van der Waals surface area contributed by atoms with Gasteiger partial charge in [0.05, 0.1) is 0 Å². The lowest BCUT2D eigenvalue weighted by Gasteiger charge is -2.27. The maximum atomic E-state index is 5.96. The number of hydrogen-bond acceptors (Lipinski definition) is 2. The van der Waals surface area contributed by atoms with Gasteiger partial charge in [-0.3, -0.25) is 0 Å². The van der Waals surface area contributed by atoms with Gasteiger partial charge in [-0.25, -0.2) is 0 Å². The lowest BCUT2D eigenvalue weighted by Crippen LogP contribution is -2.32.